The van der Waals surface area contributed by atoms with Crippen LogP contribution in [0.15, 0.2) is 0 Å². The summed E-state index contributed by atoms with van der Waals surface area (Å²) in [4.78, 5) is 18.8. The third-order valence-electron chi connectivity index (χ3n) is 2.09. The van der Waals surface area contributed by atoms with Gasteiger partial charge in [-0.3, -0.25) is 9.89 Å². The molecule has 0 aliphatic heterocycles. The van der Waals surface area contributed by atoms with Crippen LogP contribution in [-0.4, -0.2) is 31.2 Å². The molecule has 4 N–H and O–H groups in total. The molecule has 0 saturated heterocycles. The number of nitrogens with zero attached hydrogens (tertiary/aromatic N) is 3. The number of anilines is 1. The monoisotopic (exact) mass is 239 g/mol. The Hall–Kier alpha value is -1.83. The number of nitrogen functional groups attached to an aromatic ring is 1. The van der Waals surface area contributed by atoms with Gasteiger partial charge in [0.1, 0.15) is 16.9 Å². The van der Waals surface area contributed by atoms with Crippen molar-refractivity contribution in [3.63, 3.8) is 0 Å². The SMILES string of the molecule is Cc1nc(N)c2c(C(S)C(=O)O)[nH]nc2n1. The normalized spacial score (nSPS) is 12.9. The van der Waals surface area contributed by atoms with Gasteiger partial charge in [-0.25, -0.2) is 9.97 Å². The number of carbonyl (C=O) groups is 1. The van der Waals surface area contributed by atoms with Crippen LogP contribution in [0.3, 0.4) is 0 Å². The van der Waals surface area contributed by atoms with E-state index in [2.05, 4.69) is 32.8 Å². The van der Waals surface area contributed by atoms with E-state index < -0.39 is 11.2 Å². The van der Waals surface area contributed by atoms with Crippen molar-refractivity contribution >= 4 is 35.4 Å². The van der Waals surface area contributed by atoms with E-state index in [0.717, 1.165) is 0 Å². The molecule has 1 atom stereocenters. The molecule has 0 aliphatic carbocycles. The number of thiol groups is 1. The number of fused-ring (bicyclic) bond motifs is 1. The second-order valence-corrected chi connectivity index (χ2v) is 3.75. The van der Waals surface area contributed by atoms with Gasteiger partial charge in [0.25, 0.3) is 0 Å². The van der Waals surface area contributed by atoms with Crippen molar-refractivity contribution in [3.8, 4) is 0 Å². The van der Waals surface area contributed by atoms with Crippen LogP contribution in [0.2, 0.25) is 0 Å². The summed E-state index contributed by atoms with van der Waals surface area (Å²) < 4.78 is 0. The van der Waals surface area contributed by atoms with Crippen LogP contribution in [-0.2, 0) is 4.79 Å². The number of rotatable bonds is 2. The number of aryl methyl sites for hydroxylation is 1. The van der Waals surface area contributed by atoms with Crippen molar-refractivity contribution < 1.29 is 9.90 Å². The number of hydrogen-bond acceptors (Lipinski definition) is 6. The fourth-order valence-electron chi connectivity index (χ4n) is 1.41. The molecule has 0 aliphatic rings. The molecule has 8 heteroatoms. The van der Waals surface area contributed by atoms with Crippen molar-refractivity contribution in [1.29, 1.82) is 0 Å². The van der Waals surface area contributed by atoms with E-state index in [4.69, 9.17) is 10.8 Å². The number of nitrogens with two attached hydrogens (primary N) is 1. The predicted octanol–water partition coefficient (Wildman–Crippen LogP) is 0.299. The maximum absolute atomic E-state index is 10.8. The number of carboxylic acid groups (broad SMARTS) is 1. The van der Waals surface area contributed by atoms with Gasteiger partial charge in [0.2, 0.25) is 0 Å². The van der Waals surface area contributed by atoms with Gasteiger partial charge in [-0.15, -0.1) is 0 Å². The lowest BCUT2D eigenvalue weighted by Gasteiger charge is -2.03. The lowest BCUT2D eigenvalue weighted by molar-refractivity contribution is -0.136. The molecule has 0 radical (unpaired) electrons. The molecule has 0 spiro atoms. The molecule has 2 aromatic rings. The van der Waals surface area contributed by atoms with E-state index in [-0.39, 0.29) is 5.82 Å². The van der Waals surface area contributed by atoms with Gasteiger partial charge >= 0.3 is 5.97 Å². The highest BCUT2D eigenvalue weighted by Gasteiger charge is 2.22. The van der Waals surface area contributed by atoms with Gasteiger partial charge in [-0.1, -0.05) is 0 Å². The quantitative estimate of drug-likeness (QED) is 0.560. The van der Waals surface area contributed by atoms with Crippen molar-refractivity contribution in [3.05, 3.63) is 11.5 Å². The van der Waals surface area contributed by atoms with Crippen LogP contribution in [0, 0.1) is 6.92 Å². The summed E-state index contributed by atoms with van der Waals surface area (Å²) in [6.07, 6.45) is 0. The molecule has 7 nitrogen and oxygen atoms in total. The molecule has 2 aromatic heterocycles. The van der Waals surface area contributed by atoms with Crippen LogP contribution in [0.1, 0.15) is 16.8 Å². The third kappa shape index (κ3) is 1.56. The molecule has 0 saturated carbocycles. The summed E-state index contributed by atoms with van der Waals surface area (Å²) in [7, 11) is 0. The van der Waals surface area contributed by atoms with Gasteiger partial charge in [0.15, 0.2) is 5.65 Å². The lowest BCUT2D eigenvalue weighted by atomic mass is 10.2. The van der Waals surface area contributed by atoms with Gasteiger partial charge in [-0.05, 0) is 6.92 Å². The first-order chi connectivity index (χ1) is 7.50. The summed E-state index contributed by atoms with van der Waals surface area (Å²) in [6, 6.07) is 0. The van der Waals surface area contributed by atoms with Crippen LogP contribution in [0.4, 0.5) is 5.82 Å². The Balaban J connectivity index is 2.69. The molecule has 0 bridgehead atoms. The molecule has 2 heterocycles. The summed E-state index contributed by atoms with van der Waals surface area (Å²) in [5.41, 5.74) is 6.34. The standard InChI is InChI=1S/C8H9N5O2S/c1-2-10-6(9)3-4(5(16)8(14)15)12-13-7(3)11-2/h5,16H,1H3,(H,14,15)(H3,9,10,11,12,13). The van der Waals surface area contributed by atoms with Crippen LogP contribution in [0.25, 0.3) is 11.0 Å². The molecule has 16 heavy (non-hydrogen) atoms. The number of hydrogen-bond donors (Lipinski definition) is 4. The molecule has 0 amide bonds. The Kier molecular flexibility index (Phi) is 2.43. The van der Waals surface area contributed by atoms with Crippen LogP contribution < -0.4 is 5.73 Å². The molecular formula is C8H9N5O2S. The Morgan fingerprint density at radius 1 is 1.56 bits per heavy atom. The zero-order chi connectivity index (χ0) is 11.9. The zero-order valence-corrected chi connectivity index (χ0v) is 9.19. The highest BCUT2D eigenvalue weighted by molar-refractivity contribution is 7.81. The highest BCUT2D eigenvalue weighted by Crippen LogP contribution is 2.28. The number of aromatic amines is 1. The minimum atomic E-state index is -1.09. The number of nitrogens with one attached hydrogen (secondary N) is 1. The molecule has 0 fully saturated rings. The van der Waals surface area contributed by atoms with Crippen LogP contribution in [0.5, 0.6) is 0 Å². The fourth-order valence-corrected chi connectivity index (χ4v) is 1.60. The van der Waals surface area contributed by atoms with Crippen molar-refractivity contribution in [1.82, 2.24) is 20.2 Å². The van der Waals surface area contributed by atoms with E-state index in [1.165, 1.54) is 0 Å². The fraction of sp³-hybridized carbons (Fsp3) is 0.250. The number of H-pyrrole nitrogens is 1. The van der Waals surface area contributed by atoms with Gasteiger partial charge in [0, 0.05) is 0 Å². The maximum atomic E-state index is 10.8. The first kappa shape index (κ1) is 10.7. The minimum absolute atomic E-state index is 0.201. The summed E-state index contributed by atoms with van der Waals surface area (Å²) in [5.74, 6) is -0.408. The average Bonchev–Trinajstić information content (AvgIpc) is 2.59. The Morgan fingerprint density at radius 2 is 2.25 bits per heavy atom. The summed E-state index contributed by atoms with van der Waals surface area (Å²) >= 11 is 3.95. The third-order valence-corrected chi connectivity index (χ3v) is 2.57. The second-order valence-electron chi connectivity index (χ2n) is 3.23. The molecule has 2 rings (SSSR count). The zero-order valence-electron chi connectivity index (χ0n) is 8.30. The van der Waals surface area contributed by atoms with E-state index in [0.29, 0.717) is 22.6 Å². The van der Waals surface area contributed by atoms with Gasteiger partial charge in [0.05, 0.1) is 11.1 Å². The number of carboxylic acids is 1. The predicted molar refractivity (Wildman–Crippen MR) is 60.2 cm³/mol. The first-order valence-corrected chi connectivity index (χ1v) is 4.91. The smallest absolute Gasteiger partial charge is 0.322 e. The largest absolute Gasteiger partial charge is 0.480 e. The second kappa shape index (κ2) is 3.63. The molecule has 84 valence electrons. The van der Waals surface area contributed by atoms with E-state index in [9.17, 15) is 4.79 Å². The van der Waals surface area contributed by atoms with E-state index in [1.807, 2.05) is 0 Å². The Morgan fingerprint density at radius 3 is 2.88 bits per heavy atom. The van der Waals surface area contributed by atoms with Gasteiger partial charge in [-0.2, -0.15) is 17.7 Å². The maximum Gasteiger partial charge on any atom is 0.322 e. The summed E-state index contributed by atoms with van der Waals surface area (Å²) in [5, 5.41) is 14.7. The van der Waals surface area contributed by atoms with E-state index in [1.54, 1.807) is 6.92 Å². The average molecular weight is 239 g/mol. The minimum Gasteiger partial charge on any atom is -0.480 e. The topological polar surface area (TPSA) is 118 Å². The summed E-state index contributed by atoms with van der Waals surface area (Å²) in [6.45, 7) is 1.68. The van der Waals surface area contributed by atoms with Gasteiger partial charge < -0.3 is 10.8 Å². The molecule has 0 aromatic carbocycles. The van der Waals surface area contributed by atoms with E-state index >= 15 is 0 Å². The first-order valence-electron chi connectivity index (χ1n) is 4.39. The molecular weight excluding hydrogens is 230 g/mol. The highest BCUT2D eigenvalue weighted by atomic mass is 32.1. The van der Waals surface area contributed by atoms with Crippen LogP contribution >= 0.6 is 12.6 Å². The number of aromatic nitrogens is 4. The Labute approximate surface area is 95.5 Å². The van der Waals surface area contributed by atoms with Crippen molar-refractivity contribution in [2.45, 2.75) is 12.2 Å². The Bertz CT molecular complexity index is 567. The van der Waals surface area contributed by atoms with Crippen molar-refractivity contribution in [2.24, 2.45) is 0 Å². The van der Waals surface area contributed by atoms with Crippen molar-refractivity contribution in [2.75, 3.05) is 5.73 Å². The lowest BCUT2D eigenvalue weighted by Crippen LogP contribution is -2.07. The molecule has 1 unspecified atom stereocenters. The number of aliphatic carboxylic acids is 1.